The molecule has 2 saturated carbocycles. The number of hydrogen-bond acceptors (Lipinski definition) is 6. The van der Waals surface area contributed by atoms with Gasteiger partial charge in [0.05, 0.1) is 18.4 Å². The first-order valence-electron chi connectivity index (χ1n) is 11.9. The fourth-order valence-electron chi connectivity index (χ4n) is 5.32. The van der Waals surface area contributed by atoms with Gasteiger partial charge in [-0.2, -0.15) is 8.42 Å². The molecule has 2 aliphatic carbocycles. The van der Waals surface area contributed by atoms with Gasteiger partial charge in [-0.15, -0.1) is 11.3 Å². The molecule has 2 fully saturated rings. The molecule has 0 radical (unpaired) electrons. The minimum absolute atomic E-state index is 0.116. The van der Waals surface area contributed by atoms with Gasteiger partial charge >= 0.3 is 5.97 Å². The van der Waals surface area contributed by atoms with E-state index < -0.39 is 27.4 Å². The lowest BCUT2D eigenvalue weighted by Gasteiger charge is -2.47. The number of benzene rings is 2. The Labute approximate surface area is 213 Å². The Morgan fingerprint density at radius 1 is 1.17 bits per heavy atom. The maximum absolute atomic E-state index is 14.2. The summed E-state index contributed by atoms with van der Waals surface area (Å²) in [5.41, 5.74) is 1.94. The molecule has 0 bridgehead atoms. The van der Waals surface area contributed by atoms with Gasteiger partial charge in [0.25, 0.3) is 10.0 Å². The van der Waals surface area contributed by atoms with E-state index in [2.05, 4.69) is 21.8 Å². The van der Waals surface area contributed by atoms with Crippen molar-refractivity contribution in [1.29, 1.82) is 0 Å². The molecule has 2 N–H and O–H groups in total. The van der Waals surface area contributed by atoms with Crippen LogP contribution in [-0.2, 0) is 10.0 Å². The van der Waals surface area contributed by atoms with Crippen LogP contribution in [0.4, 0.5) is 10.1 Å². The van der Waals surface area contributed by atoms with Crippen molar-refractivity contribution in [2.75, 3.05) is 11.8 Å². The topological polar surface area (TPSA) is 106 Å². The molecule has 1 heterocycles. The minimum Gasteiger partial charge on any atom is -0.495 e. The van der Waals surface area contributed by atoms with Crippen LogP contribution < -0.4 is 9.46 Å². The number of aromatic carboxylic acids is 1. The number of carboxylic acids is 1. The van der Waals surface area contributed by atoms with Crippen LogP contribution in [0.15, 0.2) is 46.8 Å². The third-order valence-corrected chi connectivity index (χ3v) is 9.90. The number of anilines is 1. The summed E-state index contributed by atoms with van der Waals surface area (Å²) in [5.74, 6) is -2.11. The summed E-state index contributed by atoms with van der Waals surface area (Å²) < 4.78 is 47.3. The zero-order valence-corrected chi connectivity index (χ0v) is 21.4. The Morgan fingerprint density at radius 2 is 1.86 bits per heavy atom. The van der Waals surface area contributed by atoms with Gasteiger partial charge in [0.2, 0.25) is 0 Å². The molecular formula is C26H27FN2O5S2. The molecular weight excluding hydrogens is 503 g/mol. The fourth-order valence-corrected chi connectivity index (χ4v) is 7.48. The van der Waals surface area contributed by atoms with E-state index in [0.29, 0.717) is 16.3 Å². The van der Waals surface area contributed by atoms with E-state index in [1.165, 1.54) is 74.3 Å². The molecule has 0 aliphatic heterocycles. The number of thiazole rings is 1. The standard InChI is InChI=1S/C26H27FN2O5S2/c1-34-22-13-19(25(30)31)20(27)14-21(22)29-36(32,33)23-15-35-24(28-23)18-5-3-16(4-6-18)17-7-11-26(12-8-17)9-2-10-26/h3-6,13-15,17,29H,2,7-12H2,1H3,(H,30,31). The summed E-state index contributed by atoms with van der Waals surface area (Å²) in [7, 11) is -2.93. The number of halogens is 1. The summed E-state index contributed by atoms with van der Waals surface area (Å²) in [4.78, 5) is 15.4. The quantitative estimate of drug-likeness (QED) is 0.372. The monoisotopic (exact) mass is 530 g/mol. The number of aromatic nitrogens is 1. The molecule has 7 nitrogen and oxygen atoms in total. The Hall–Kier alpha value is -2.98. The third-order valence-electron chi connectivity index (χ3n) is 7.61. The van der Waals surface area contributed by atoms with Crippen LogP contribution in [0.5, 0.6) is 5.75 Å². The molecule has 0 amide bonds. The number of carboxylic acid groups (broad SMARTS) is 1. The van der Waals surface area contributed by atoms with Crippen LogP contribution in [0, 0.1) is 11.2 Å². The first-order valence-corrected chi connectivity index (χ1v) is 14.3. The lowest BCUT2D eigenvalue weighted by Crippen LogP contribution is -2.33. The van der Waals surface area contributed by atoms with E-state index in [0.717, 1.165) is 17.7 Å². The number of nitrogens with one attached hydrogen (secondary N) is 1. The smallest absolute Gasteiger partial charge is 0.338 e. The molecule has 2 aliphatic rings. The number of methoxy groups -OCH3 is 1. The zero-order chi connectivity index (χ0) is 25.5. The molecule has 1 aromatic heterocycles. The van der Waals surface area contributed by atoms with Crippen LogP contribution in [-0.4, -0.2) is 31.6 Å². The number of sulfonamides is 1. The van der Waals surface area contributed by atoms with E-state index >= 15 is 0 Å². The van der Waals surface area contributed by atoms with Crippen molar-refractivity contribution in [2.45, 2.75) is 55.9 Å². The summed E-state index contributed by atoms with van der Waals surface area (Å²) in [5, 5.41) is 10.8. The highest BCUT2D eigenvalue weighted by molar-refractivity contribution is 7.92. The van der Waals surface area contributed by atoms with Gasteiger partial charge in [-0.05, 0) is 61.5 Å². The van der Waals surface area contributed by atoms with E-state index in [4.69, 9.17) is 9.84 Å². The average Bonchev–Trinajstić information content (AvgIpc) is 3.35. The fraction of sp³-hybridized carbons (Fsp3) is 0.385. The zero-order valence-electron chi connectivity index (χ0n) is 19.8. The van der Waals surface area contributed by atoms with Crippen molar-refractivity contribution >= 4 is 33.0 Å². The van der Waals surface area contributed by atoms with E-state index in [9.17, 15) is 17.6 Å². The van der Waals surface area contributed by atoms with Crippen molar-refractivity contribution in [1.82, 2.24) is 4.98 Å². The van der Waals surface area contributed by atoms with Gasteiger partial charge in [0.15, 0.2) is 5.03 Å². The molecule has 5 rings (SSSR count). The lowest BCUT2D eigenvalue weighted by molar-refractivity contribution is 0.0690. The predicted molar refractivity (Wildman–Crippen MR) is 136 cm³/mol. The van der Waals surface area contributed by atoms with Gasteiger partial charge in [-0.3, -0.25) is 4.72 Å². The highest BCUT2D eigenvalue weighted by Gasteiger charge is 2.40. The Kier molecular flexibility index (Phi) is 6.50. The molecule has 10 heteroatoms. The molecule has 36 heavy (non-hydrogen) atoms. The van der Waals surface area contributed by atoms with Gasteiger partial charge in [-0.25, -0.2) is 14.2 Å². The molecule has 2 aromatic carbocycles. The number of carbonyl (C=O) groups is 1. The Morgan fingerprint density at radius 3 is 2.44 bits per heavy atom. The number of ether oxygens (including phenoxy) is 1. The minimum atomic E-state index is -4.16. The van der Waals surface area contributed by atoms with Crippen LogP contribution in [0.2, 0.25) is 0 Å². The van der Waals surface area contributed by atoms with Crippen LogP contribution in [0.1, 0.15) is 66.8 Å². The SMILES string of the molecule is COc1cc(C(=O)O)c(F)cc1NS(=O)(=O)c1csc(-c2ccc(C3CCC4(CCC4)CC3)cc2)n1. The molecule has 190 valence electrons. The maximum Gasteiger partial charge on any atom is 0.338 e. The van der Waals surface area contributed by atoms with E-state index in [1.807, 2.05) is 12.1 Å². The Bertz CT molecular complexity index is 1390. The molecule has 0 saturated heterocycles. The molecule has 1 spiro atoms. The second-order valence-corrected chi connectivity index (χ2v) is 12.2. The van der Waals surface area contributed by atoms with Crippen molar-refractivity contribution in [3.63, 3.8) is 0 Å². The largest absolute Gasteiger partial charge is 0.495 e. The maximum atomic E-state index is 14.2. The first kappa shape index (κ1) is 24.7. The molecule has 0 unspecified atom stereocenters. The summed E-state index contributed by atoms with van der Waals surface area (Å²) in [6.45, 7) is 0. The van der Waals surface area contributed by atoms with Crippen molar-refractivity contribution in [2.24, 2.45) is 5.41 Å². The van der Waals surface area contributed by atoms with Gasteiger partial charge in [0.1, 0.15) is 16.6 Å². The van der Waals surface area contributed by atoms with Crippen LogP contribution >= 0.6 is 11.3 Å². The summed E-state index contributed by atoms with van der Waals surface area (Å²) in [6, 6.07) is 9.91. The second-order valence-electron chi connectivity index (χ2n) is 9.68. The molecule has 0 atom stereocenters. The summed E-state index contributed by atoms with van der Waals surface area (Å²) in [6.07, 6.45) is 9.23. The first-order chi connectivity index (χ1) is 17.2. The summed E-state index contributed by atoms with van der Waals surface area (Å²) >= 11 is 1.20. The predicted octanol–water partition coefficient (Wildman–Crippen LogP) is 6.28. The van der Waals surface area contributed by atoms with E-state index in [1.54, 1.807) is 0 Å². The van der Waals surface area contributed by atoms with Crippen LogP contribution in [0.25, 0.3) is 10.6 Å². The Balaban J connectivity index is 1.31. The normalized spacial score (nSPS) is 17.5. The van der Waals surface area contributed by atoms with E-state index in [-0.39, 0.29) is 16.5 Å². The van der Waals surface area contributed by atoms with Gasteiger partial charge in [0, 0.05) is 17.0 Å². The van der Waals surface area contributed by atoms with Crippen molar-refractivity contribution in [3.05, 3.63) is 58.7 Å². The average molecular weight is 531 g/mol. The second kappa shape index (κ2) is 9.48. The number of rotatable bonds is 7. The van der Waals surface area contributed by atoms with Crippen molar-refractivity contribution in [3.8, 4) is 16.3 Å². The molecule has 3 aromatic rings. The number of hydrogen-bond donors (Lipinski definition) is 2. The van der Waals surface area contributed by atoms with Gasteiger partial charge in [-0.1, -0.05) is 30.7 Å². The van der Waals surface area contributed by atoms with Crippen molar-refractivity contribution < 1.29 is 27.4 Å². The van der Waals surface area contributed by atoms with Gasteiger partial charge < -0.3 is 9.84 Å². The third kappa shape index (κ3) is 4.71. The lowest BCUT2D eigenvalue weighted by atomic mass is 9.58. The highest BCUT2D eigenvalue weighted by atomic mass is 32.2. The van der Waals surface area contributed by atoms with Crippen LogP contribution in [0.3, 0.4) is 0 Å². The highest BCUT2D eigenvalue weighted by Crippen LogP contribution is 2.54. The number of nitrogens with zero attached hydrogens (tertiary/aromatic N) is 1.